The van der Waals surface area contributed by atoms with E-state index in [9.17, 15) is 4.79 Å². The Bertz CT molecular complexity index is 511. The van der Waals surface area contributed by atoms with E-state index in [-0.39, 0.29) is 5.43 Å². The molecule has 2 rings (SSSR count). The van der Waals surface area contributed by atoms with Crippen LogP contribution in [0.25, 0.3) is 10.9 Å². The van der Waals surface area contributed by atoms with Crippen molar-refractivity contribution in [3.05, 3.63) is 46.2 Å². The number of para-hydroxylation sites is 1. The first-order valence-corrected chi connectivity index (χ1v) is 4.25. The lowest BCUT2D eigenvalue weighted by Gasteiger charge is -2.07. The molecule has 66 valence electrons. The first kappa shape index (κ1) is 8.05. The van der Waals surface area contributed by atoms with Crippen molar-refractivity contribution in [1.29, 1.82) is 0 Å². The second kappa shape index (κ2) is 2.73. The molecule has 1 aromatic carbocycles. The maximum absolute atomic E-state index is 11.5. The van der Waals surface area contributed by atoms with Gasteiger partial charge < -0.3 is 4.57 Å². The summed E-state index contributed by atoms with van der Waals surface area (Å²) >= 11 is 0. The Balaban J connectivity index is 3.06. The lowest BCUT2D eigenvalue weighted by molar-refractivity contribution is 0.898. The van der Waals surface area contributed by atoms with Gasteiger partial charge in [0.05, 0.1) is 5.52 Å². The van der Waals surface area contributed by atoms with Gasteiger partial charge in [-0.2, -0.15) is 0 Å². The monoisotopic (exact) mass is 173 g/mol. The molecule has 1 heterocycles. The number of fused-ring (bicyclic) bond motifs is 1. The minimum atomic E-state index is 0.103. The molecule has 1 aromatic heterocycles. The Morgan fingerprint density at radius 2 is 1.92 bits per heavy atom. The van der Waals surface area contributed by atoms with Crippen LogP contribution in [0.3, 0.4) is 0 Å². The third kappa shape index (κ3) is 1.15. The highest BCUT2D eigenvalue weighted by Gasteiger charge is 2.00. The van der Waals surface area contributed by atoms with Gasteiger partial charge in [0, 0.05) is 24.2 Å². The van der Waals surface area contributed by atoms with Crippen LogP contribution in [0.1, 0.15) is 5.69 Å². The van der Waals surface area contributed by atoms with Crippen LogP contribution < -0.4 is 5.43 Å². The summed E-state index contributed by atoms with van der Waals surface area (Å²) in [5, 5.41) is 0.788. The molecule has 2 heteroatoms. The van der Waals surface area contributed by atoms with E-state index in [0.717, 1.165) is 16.6 Å². The van der Waals surface area contributed by atoms with E-state index in [4.69, 9.17) is 0 Å². The number of nitrogens with zero attached hydrogens (tertiary/aromatic N) is 1. The van der Waals surface area contributed by atoms with Crippen LogP contribution in [0.5, 0.6) is 0 Å². The fraction of sp³-hybridized carbons (Fsp3) is 0.182. The van der Waals surface area contributed by atoms with Crippen molar-refractivity contribution in [2.75, 3.05) is 0 Å². The van der Waals surface area contributed by atoms with E-state index in [1.807, 2.05) is 42.8 Å². The molecule has 0 radical (unpaired) electrons. The Labute approximate surface area is 76.4 Å². The lowest BCUT2D eigenvalue weighted by Crippen LogP contribution is -2.08. The van der Waals surface area contributed by atoms with E-state index in [0.29, 0.717) is 0 Å². The number of aromatic nitrogens is 1. The maximum Gasteiger partial charge on any atom is 0.189 e. The standard InChI is InChI=1S/C11H11NO/c1-8-7-11(13)9-5-3-4-6-10(9)12(8)2/h3-7H,1-2H3. The molecule has 0 aliphatic heterocycles. The summed E-state index contributed by atoms with van der Waals surface area (Å²) in [4.78, 5) is 11.5. The van der Waals surface area contributed by atoms with Crippen LogP contribution >= 0.6 is 0 Å². The van der Waals surface area contributed by atoms with Gasteiger partial charge >= 0.3 is 0 Å². The number of hydrogen-bond acceptors (Lipinski definition) is 1. The van der Waals surface area contributed by atoms with E-state index in [2.05, 4.69) is 0 Å². The molecule has 0 N–H and O–H groups in total. The van der Waals surface area contributed by atoms with Gasteiger partial charge in [-0.15, -0.1) is 0 Å². The Kier molecular flexibility index (Phi) is 1.69. The largest absolute Gasteiger partial charge is 0.348 e. The molecule has 0 saturated heterocycles. The Morgan fingerprint density at radius 1 is 1.23 bits per heavy atom. The topological polar surface area (TPSA) is 22.0 Å². The molecule has 0 aliphatic carbocycles. The molecule has 0 atom stereocenters. The van der Waals surface area contributed by atoms with Crippen molar-refractivity contribution in [1.82, 2.24) is 4.57 Å². The van der Waals surface area contributed by atoms with Gasteiger partial charge in [0.25, 0.3) is 0 Å². The third-order valence-corrected chi connectivity index (χ3v) is 2.40. The predicted octanol–water partition coefficient (Wildman–Crippen LogP) is 1.85. The van der Waals surface area contributed by atoms with Crippen molar-refractivity contribution in [3.63, 3.8) is 0 Å². The summed E-state index contributed by atoms with van der Waals surface area (Å²) in [5.74, 6) is 0. The van der Waals surface area contributed by atoms with Crippen LogP contribution in [-0.2, 0) is 7.05 Å². The highest BCUT2D eigenvalue weighted by atomic mass is 16.1. The van der Waals surface area contributed by atoms with Crippen LogP contribution in [0.15, 0.2) is 35.1 Å². The molecule has 0 unspecified atom stereocenters. The molecule has 2 nitrogen and oxygen atoms in total. The van der Waals surface area contributed by atoms with E-state index >= 15 is 0 Å². The molecule has 0 fully saturated rings. The third-order valence-electron chi connectivity index (χ3n) is 2.40. The predicted molar refractivity (Wildman–Crippen MR) is 53.9 cm³/mol. The summed E-state index contributed by atoms with van der Waals surface area (Å²) < 4.78 is 2.02. The molecule has 2 aromatic rings. The van der Waals surface area contributed by atoms with Crippen LogP contribution in [0.2, 0.25) is 0 Å². The van der Waals surface area contributed by atoms with Crippen molar-refractivity contribution in [2.45, 2.75) is 6.92 Å². The minimum absolute atomic E-state index is 0.103. The summed E-state index contributed by atoms with van der Waals surface area (Å²) in [6.45, 7) is 1.94. The summed E-state index contributed by atoms with van der Waals surface area (Å²) in [6.07, 6.45) is 0. The molecule has 13 heavy (non-hydrogen) atoms. The van der Waals surface area contributed by atoms with E-state index < -0.39 is 0 Å². The first-order valence-electron chi connectivity index (χ1n) is 4.25. The molecule has 0 amide bonds. The number of pyridine rings is 1. The zero-order chi connectivity index (χ0) is 9.42. The molecular weight excluding hydrogens is 162 g/mol. The number of hydrogen-bond donors (Lipinski definition) is 0. The van der Waals surface area contributed by atoms with Gasteiger partial charge in [-0.1, -0.05) is 12.1 Å². The van der Waals surface area contributed by atoms with Crippen LogP contribution in [0, 0.1) is 6.92 Å². The van der Waals surface area contributed by atoms with Crippen molar-refractivity contribution < 1.29 is 0 Å². The first-order chi connectivity index (χ1) is 6.20. The Hall–Kier alpha value is -1.57. The summed E-state index contributed by atoms with van der Waals surface area (Å²) in [6, 6.07) is 9.32. The van der Waals surface area contributed by atoms with E-state index in [1.165, 1.54) is 0 Å². The van der Waals surface area contributed by atoms with Crippen LogP contribution in [-0.4, -0.2) is 4.57 Å². The Morgan fingerprint density at radius 3 is 2.69 bits per heavy atom. The molecule has 0 spiro atoms. The second-order valence-electron chi connectivity index (χ2n) is 3.23. The molecule has 0 saturated carbocycles. The van der Waals surface area contributed by atoms with E-state index in [1.54, 1.807) is 6.07 Å². The molecule has 0 bridgehead atoms. The minimum Gasteiger partial charge on any atom is -0.348 e. The lowest BCUT2D eigenvalue weighted by atomic mass is 10.2. The normalized spacial score (nSPS) is 10.6. The van der Waals surface area contributed by atoms with Gasteiger partial charge in [0.2, 0.25) is 0 Å². The zero-order valence-corrected chi connectivity index (χ0v) is 7.74. The maximum atomic E-state index is 11.5. The highest BCUT2D eigenvalue weighted by molar-refractivity contribution is 5.78. The molecule has 0 aliphatic rings. The van der Waals surface area contributed by atoms with Crippen molar-refractivity contribution in [3.8, 4) is 0 Å². The molecular formula is C11H11NO. The summed E-state index contributed by atoms with van der Waals surface area (Å²) in [5.41, 5.74) is 2.09. The van der Waals surface area contributed by atoms with Crippen LogP contribution in [0.4, 0.5) is 0 Å². The van der Waals surface area contributed by atoms with Gasteiger partial charge in [0.1, 0.15) is 0 Å². The summed E-state index contributed by atoms with van der Waals surface area (Å²) in [7, 11) is 1.97. The number of rotatable bonds is 0. The van der Waals surface area contributed by atoms with Gasteiger partial charge in [-0.3, -0.25) is 4.79 Å². The second-order valence-corrected chi connectivity index (χ2v) is 3.23. The average molecular weight is 173 g/mol. The van der Waals surface area contributed by atoms with Gasteiger partial charge in [0.15, 0.2) is 5.43 Å². The zero-order valence-electron chi connectivity index (χ0n) is 7.74. The van der Waals surface area contributed by atoms with Crippen molar-refractivity contribution in [2.24, 2.45) is 7.05 Å². The van der Waals surface area contributed by atoms with Gasteiger partial charge in [-0.25, -0.2) is 0 Å². The fourth-order valence-corrected chi connectivity index (χ4v) is 1.53. The smallest absolute Gasteiger partial charge is 0.189 e. The van der Waals surface area contributed by atoms with Crippen molar-refractivity contribution >= 4 is 10.9 Å². The number of aryl methyl sites for hydroxylation is 2. The highest BCUT2D eigenvalue weighted by Crippen LogP contribution is 2.09. The SMILES string of the molecule is Cc1cc(=O)c2ccccc2n1C. The number of benzene rings is 1. The van der Waals surface area contributed by atoms with Gasteiger partial charge in [-0.05, 0) is 19.1 Å². The average Bonchev–Trinajstić information content (AvgIpc) is 2.15. The fourth-order valence-electron chi connectivity index (χ4n) is 1.53. The quantitative estimate of drug-likeness (QED) is 0.596.